The lowest BCUT2D eigenvalue weighted by Gasteiger charge is -2.25. The third kappa shape index (κ3) is 2.93. The maximum atomic E-state index is 12.6. The fourth-order valence-corrected chi connectivity index (χ4v) is 2.52. The van der Waals surface area contributed by atoms with Crippen LogP contribution in [0.4, 0.5) is 0 Å². The van der Waals surface area contributed by atoms with Crippen molar-refractivity contribution < 1.29 is 4.79 Å². The molecule has 1 saturated heterocycles. The van der Waals surface area contributed by atoms with E-state index in [1.165, 1.54) is 0 Å². The molecule has 1 aromatic rings. The van der Waals surface area contributed by atoms with Crippen molar-refractivity contribution in [2.45, 2.75) is 50.9 Å². The van der Waals surface area contributed by atoms with Gasteiger partial charge < -0.3 is 4.90 Å². The number of hydrogen-bond donors (Lipinski definition) is 2. The molecule has 1 amide bonds. The Labute approximate surface area is 113 Å². The molecule has 2 fully saturated rings. The zero-order valence-corrected chi connectivity index (χ0v) is 11.2. The summed E-state index contributed by atoms with van der Waals surface area (Å²) in [6.07, 6.45) is 4.87. The van der Waals surface area contributed by atoms with E-state index in [2.05, 4.69) is 22.8 Å². The highest BCUT2D eigenvalue weighted by Crippen LogP contribution is 2.29. The van der Waals surface area contributed by atoms with E-state index < -0.39 is 0 Å². The first kappa shape index (κ1) is 12.6. The van der Waals surface area contributed by atoms with Gasteiger partial charge in [0.1, 0.15) is 6.04 Å². The number of amides is 1. The highest BCUT2D eigenvalue weighted by molar-refractivity contribution is 5.82. The predicted molar refractivity (Wildman–Crippen MR) is 71.9 cm³/mol. The molecule has 19 heavy (non-hydrogen) atoms. The van der Waals surface area contributed by atoms with Crippen LogP contribution in [0.15, 0.2) is 24.4 Å². The van der Waals surface area contributed by atoms with E-state index in [-0.39, 0.29) is 11.9 Å². The fraction of sp³-hybridized carbons (Fsp3) is 0.571. The first-order valence-corrected chi connectivity index (χ1v) is 6.95. The first-order chi connectivity index (χ1) is 9.24. The van der Waals surface area contributed by atoms with E-state index in [1.807, 2.05) is 23.1 Å². The SMILES string of the molecule is CC1CC(C(=O)N(Cc2ccccn2)C2CC2)NN1. The minimum absolute atomic E-state index is 0.0979. The lowest BCUT2D eigenvalue weighted by Crippen LogP contribution is -2.46. The Kier molecular flexibility index (Phi) is 3.48. The molecule has 2 N–H and O–H groups in total. The van der Waals surface area contributed by atoms with Crippen molar-refractivity contribution in [3.8, 4) is 0 Å². The van der Waals surface area contributed by atoms with Crippen LogP contribution in [0, 0.1) is 0 Å². The Balaban J connectivity index is 1.69. The zero-order valence-electron chi connectivity index (χ0n) is 11.2. The lowest BCUT2D eigenvalue weighted by molar-refractivity contribution is -0.134. The van der Waals surface area contributed by atoms with Crippen molar-refractivity contribution in [2.24, 2.45) is 0 Å². The van der Waals surface area contributed by atoms with Gasteiger partial charge in [-0.25, -0.2) is 5.43 Å². The van der Waals surface area contributed by atoms with Gasteiger partial charge in [-0.05, 0) is 38.3 Å². The highest BCUT2D eigenvalue weighted by atomic mass is 16.2. The molecule has 102 valence electrons. The molecular formula is C14H20N4O. The summed E-state index contributed by atoms with van der Waals surface area (Å²) < 4.78 is 0. The van der Waals surface area contributed by atoms with E-state index in [0.29, 0.717) is 18.6 Å². The molecule has 1 aliphatic carbocycles. The summed E-state index contributed by atoms with van der Waals surface area (Å²) in [6.45, 7) is 2.71. The van der Waals surface area contributed by atoms with E-state index in [1.54, 1.807) is 6.20 Å². The smallest absolute Gasteiger partial charge is 0.241 e. The summed E-state index contributed by atoms with van der Waals surface area (Å²) in [5.74, 6) is 0.199. The summed E-state index contributed by atoms with van der Waals surface area (Å²) in [6, 6.07) is 6.51. The highest BCUT2D eigenvalue weighted by Gasteiger charge is 2.38. The molecule has 1 aliphatic heterocycles. The van der Waals surface area contributed by atoms with Gasteiger partial charge in [0.05, 0.1) is 12.2 Å². The molecule has 2 atom stereocenters. The van der Waals surface area contributed by atoms with Crippen molar-refractivity contribution in [2.75, 3.05) is 0 Å². The normalized spacial score (nSPS) is 26.4. The van der Waals surface area contributed by atoms with E-state index >= 15 is 0 Å². The second-order valence-electron chi connectivity index (χ2n) is 5.50. The standard InChI is InChI=1S/C14H20N4O/c1-10-8-13(17-16-10)14(19)18(12-5-6-12)9-11-4-2-3-7-15-11/h2-4,7,10,12-13,16-17H,5-6,8-9H2,1H3. The summed E-state index contributed by atoms with van der Waals surface area (Å²) in [5, 5.41) is 0. The number of rotatable bonds is 4. The zero-order chi connectivity index (χ0) is 13.2. The minimum atomic E-state index is -0.0979. The van der Waals surface area contributed by atoms with Crippen LogP contribution >= 0.6 is 0 Å². The van der Waals surface area contributed by atoms with Crippen LogP contribution in [0.3, 0.4) is 0 Å². The molecule has 5 heteroatoms. The van der Waals surface area contributed by atoms with Gasteiger partial charge in [0.2, 0.25) is 5.91 Å². The van der Waals surface area contributed by atoms with E-state index in [0.717, 1.165) is 25.0 Å². The van der Waals surface area contributed by atoms with Crippen LogP contribution in [0.25, 0.3) is 0 Å². The summed E-state index contributed by atoms with van der Waals surface area (Å²) in [4.78, 5) is 18.9. The van der Waals surface area contributed by atoms with Gasteiger partial charge >= 0.3 is 0 Å². The first-order valence-electron chi connectivity index (χ1n) is 6.95. The van der Waals surface area contributed by atoms with Crippen molar-refractivity contribution in [3.05, 3.63) is 30.1 Å². The van der Waals surface area contributed by atoms with Crippen LogP contribution in [-0.2, 0) is 11.3 Å². The van der Waals surface area contributed by atoms with Gasteiger partial charge in [-0.15, -0.1) is 0 Å². The maximum Gasteiger partial charge on any atom is 0.241 e. The van der Waals surface area contributed by atoms with Crippen molar-refractivity contribution >= 4 is 5.91 Å². The molecule has 2 unspecified atom stereocenters. The second-order valence-corrected chi connectivity index (χ2v) is 5.50. The number of hydrogen-bond acceptors (Lipinski definition) is 4. The van der Waals surface area contributed by atoms with Crippen LogP contribution in [0.5, 0.6) is 0 Å². The Bertz CT molecular complexity index is 446. The number of carbonyl (C=O) groups is 1. The molecule has 5 nitrogen and oxygen atoms in total. The average Bonchev–Trinajstić information content (AvgIpc) is 3.18. The topological polar surface area (TPSA) is 57.3 Å². The Hall–Kier alpha value is -1.46. The molecule has 1 saturated carbocycles. The van der Waals surface area contributed by atoms with Crippen LogP contribution in [0.1, 0.15) is 31.9 Å². The quantitative estimate of drug-likeness (QED) is 0.842. The number of aromatic nitrogens is 1. The molecule has 0 radical (unpaired) electrons. The summed E-state index contributed by atoms with van der Waals surface area (Å²) >= 11 is 0. The predicted octanol–water partition coefficient (Wildman–Crippen LogP) is 0.828. The fourth-order valence-electron chi connectivity index (χ4n) is 2.52. The van der Waals surface area contributed by atoms with Crippen LogP contribution in [-0.4, -0.2) is 33.9 Å². The van der Waals surface area contributed by atoms with E-state index in [4.69, 9.17) is 0 Å². The number of hydrazine groups is 1. The molecular weight excluding hydrogens is 240 g/mol. The molecule has 2 aliphatic rings. The second kappa shape index (κ2) is 5.27. The van der Waals surface area contributed by atoms with Gasteiger partial charge in [-0.2, -0.15) is 0 Å². The molecule has 0 spiro atoms. The molecule has 2 heterocycles. The number of nitrogens with one attached hydrogen (secondary N) is 2. The van der Waals surface area contributed by atoms with Gasteiger partial charge in [-0.3, -0.25) is 15.2 Å². The van der Waals surface area contributed by atoms with Gasteiger partial charge in [-0.1, -0.05) is 6.07 Å². The average molecular weight is 260 g/mol. The van der Waals surface area contributed by atoms with Crippen LogP contribution in [0.2, 0.25) is 0 Å². The van der Waals surface area contributed by atoms with Crippen molar-refractivity contribution in [1.29, 1.82) is 0 Å². The number of pyridine rings is 1. The van der Waals surface area contributed by atoms with Crippen LogP contribution < -0.4 is 10.9 Å². The molecule has 3 rings (SSSR count). The van der Waals surface area contributed by atoms with Crippen molar-refractivity contribution in [1.82, 2.24) is 20.7 Å². The Morgan fingerprint density at radius 1 is 1.42 bits per heavy atom. The molecule has 1 aromatic heterocycles. The molecule has 0 bridgehead atoms. The Morgan fingerprint density at radius 3 is 2.84 bits per heavy atom. The Morgan fingerprint density at radius 2 is 2.26 bits per heavy atom. The maximum absolute atomic E-state index is 12.6. The lowest BCUT2D eigenvalue weighted by atomic mass is 10.1. The summed E-state index contributed by atoms with van der Waals surface area (Å²) in [7, 11) is 0. The number of nitrogens with zero attached hydrogens (tertiary/aromatic N) is 2. The van der Waals surface area contributed by atoms with E-state index in [9.17, 15) is 4.79 Å². The summed E-state index contributed by atoms with van der Waals surface area (Å²) in [5.41, 5.74) is 7.17. The third-order valence-corrected chi connectivity index (χ3v) is 3.72. The monoisotopic (exact) mass is 260 g/mol. The van der Waals surface area contributed by atoms with Gasteiger partial charge in [0.25, 0.3) is 0 Å². The number of carbonyl (C=O) groups excluding carboxylic acids is 1. The molecule has 0 aromatic carbocycles. The largest absolute Gasteiger partial charge is 0.332 e. The van der Waals surface area contributed by atoms with Crippen molar-refractivity contribution in [3.63, 3.8) is 0 Å². The third-order valence-electron chi connectivity index (χ3n) is 3.72. The van der Waals surface area contributed by atoms with Gasteiger partial charge in [0.15, 0.2) is 0 Å². The minimum Gasteiger partial charge on any atom is -0.332 e. The van der Waals surface area contributed by atoms with Gasteiger partial charge in [0, 0.05) is 18.3 Å².